The van der Waals surface area contributed by atoms with Crippen molar-refractivity contribution in [3.63, 3.8) is 0 Å². The number of ether oxygens (including phenoxy) is 1. The molecular formula is C28H36N10O. The number of fused-ring (bicyclic) bond motifs is 1. The molecule has 1 saturated heterocycles. The lowest BCUT2D eigenvalue weighted by atomic mass is 10.1. The van der Waals surface area contributed by atoms with Gasteiger partial charge in [-0.1, -0.05) is 6.92 Å². The van der Waals surface area contributed by atoms with Crippen LogP contribution < -0.4 is 21.5 Å². The predicted molar refractivity (Wildman–Crippen MR) is 152 cm³/mol. The summed E-state index contributed by atoms with van der Waals surface area (Å²) in [6.45, 7) is 4.09. The molecule has 0 bridgehead atoms. The Morgan fingerprint density at radius 1 is 1.13 bits per heavy atom. The molecule has 2 fully saturated rings. The molecule has 0 amide bonds. The Bertz CT molecular complexity index is 1420. The van der Waals surface area contributed by atoms with Gasteiger partial charge in [0.05, 0.1) is 35.9 Å². The highest BCUT2D eigenvalue weighted by Gasteiger charge is 2.31. The number of methoxy groups -OCH3 is 1. The molecule has 204 valence electrons. The predicted octanol–water partition coefficient (Wildman–Crippen LogP) is 3.76. The van der Waals surface area contributed by atoms with Gasteiger partial charge in [-0.3, -0.25) is 14.7 Å². The Hall–Kier alpha value is -3.67. The van der Waals surface area contributed by atoms with Crippen molar-refractivity contribution >= 4 is 28.4 Å². The quantitative estimate of drug-likeness (QED) is 0.229. The van der Waals surface area contributed by atoms with Gasteiger partial charge in [0.2, 0.25) is 0 Å². The number of nitrogens with two attached hydrogens (primary N) is 1. The number of nitrogens with zero attached hydrogens (tertiary/aromatic N) is 7. The molecule has 4 N–H and O–H groups in total. The monoisotopic (exact) mass is 528 g/mol. The molecule has 1 aliphatic carbocycles. The standard InChI is InChI=1S/C28H36N10O/c1-3-24-28(38(29)21-6-7-22(13-21)39-2)36-25-23(18-14-33-37(17-18)20-8-11-30-12-9-20)16-32-27(26(25)35-24)34-19-5-4-10-31-15-19/h4-5,10,14-17,20-22,30H,3,6-9,11-13,29H2,1-2H3,(H,32,34)/t21-,22+/m1/s1. The summed E-state index contributed by atoms with van der Waals surface area (Å²) in [7, 11) is 1.77. The number of piperidine rings is 1. The van der Waals surface area contributed by atoms with Crippen LogP contribution in [0.15, 0.2) is 43.1 Å². The molecule has 4 aromatic heterocycles. The number of rotatable bonds is 8. The largest absolute Gasteiger partial charge is 0.381 e. The summed E-state index contributed by atoms with van der Waals surface area (Å²) in [6.07, 6.45) is 15.2. The first-order valence-corrected chi connectivity index (χ1v) is 13.8. The van der Waals surface area contributed by atoms with Crippen molar-refractivity contribution in [1.29, 1.82) is 0 Å². The van der Waals surface area contributed by atoms with Crippen LogP contribution in [0.5, 0.6) is 0 Å². The lowest BCUT2D eigenvalue weighted by Gasteiger charge is -2.27. The molecule has 2 aliphatic rings. The average molecular weight is 529 g/mol. The van der Waals surface area contributed by atoms with Gasteiger partial charge in [-0.15, -0.1) is 0 Å². The zero-order valence-electron chi connectivity index (χ0n) is 22.5. The number of hydrogen-bond acceptors (Lipinski definition) is 10. The fourth-order valence-electron chi connectivity index (χ4n) is 5.69. The second-order valence-corrected chi connectivity index (χ2v) is 10.4. The fourth-order valence-corrected chi connectivity index (χ4v) is 5.69. The van der Waals surface area contributed by atoms with E-state index in [9.17, 15) is 0 Å². The van der Waals surface area contributed by atoms with Crippen LogP contribution in [0.3, 0.4) is 0 Å². The van der Waals surface area contributed by atoms with E-state index in [0.717, 1.165) is 73.2 Å². The summed E-state index contributed by atoms with van der Waals surface area (Å²) < 4.78 is 7.68. The molecular weight excluding hydrogens is 492 g/mol. The van der Waals surface area contributed by atoms with Crippen molar-refractivity contribution in [2.45, 2.75) is 63.6 Å². The fraction of sp³-hybridized carbons (Fsp3) is 0.464. The zero-order chi connectivity index (χ0) is 26.8. The van der Waals surface area contributed by atoms with Crippen LogP contribution in [-0.2, 0) is 11.2 Å². The Morgan fingerprint density at radius 3 is 2.74 bits per heavy atom. The number of aromatic nitrogens is 6. The average Bonchev–Trinajstić information content (AvgIpc) is 3.68. The molecule has 2 atom stereocenters. The first kappa shape index (κ1) is 25.6. The third-order valence-corrected chi connectivity index (χ3v) is 7.93. The molecule has 1 saturated carbocycles. The third kappa shape index (κ3) is 5.17. The van der Waals surface area contributed by atoms with Crippen LogP contribution >= 0.6 is 0 Å². The van der Waals surface area contributed by atoms with Crippen LogP contribution in [0.4, 0.5) is 17.3 Å². The molecule has 39 heavy (non-hydrogen) atoms. The number of hydrazine groups is 1. The van der Waals surface area contributed by atoms with Gasteiger partial charge in [0.15, 0.2) is 11.6 Å². The van der Waals surface area contributed by atoms with E-state index in [1.807, 2.05) is 24.5 Å². The Kier molecular flexibility index (Phi) is 7.36. The van der Waals surface area contributed by atoms with E-state index in [0.29, 0.717) is 29.6 Å². The van der Waals surface area contributed by atoms with Gasteiger partial charge < -0.3 is 15.4 Å². The van der Waals surface area contributed by atoms with E-state index in [-0.39, 0.29) is 12.1 Å². The van der Waals surface area contributed by atoms with Gasteiger partial charge in [0, 0.05) is 42.9 Å². The van der Waals surface area contributed by atoms with Gasteiger partial charge in [-0.25, -0.2) is 20.8 Å². The topological polar surface area (TPSA) is 132 Å². The first-order chi connectivity index (χ1) is 19.1. The van der Waals surface area contributed by atoms with E-state index in [1.54, 1.807) is 24.5 Å². The number of nitrogens with one attached hydrogen (secondary N) is 2. The van der Waals surface area contributed by atoms with Crippen molar-refractivity contribution in [2.24, 2.45) is 5.84 Å². The van der Waals surface area contributed by atoms with Crippen molar-refractivity contribution in [3.8, 4) is 11.1 Å². The van der Waals surface area contributed by atoms with E-state index >= 15 is 0 Å². The minimum atomic E-state index is 0.146. The van der Waals surface area contributed by atoms with Crippen LogP contribution in [0.1, 0.15) is 50.8 Å². The van der Waals surface area contributed by atoms with Crippen molar-refractivity contribution < 1.29 is 4.74 Å². The molecule has 6 rings (SSSR count). The van der Waals surface area contributed by atoms with E-state index in [2.05, 4.69) is 33.4 Å². The zero-order valence-corrected chi connectivity index (χ0v) is 22.5. The van der Waals surface area contributed by atoms with E-state index in [1.165, 1.54) is 0 Å². The van der Waals surface area contributed by atoms with E-state index in [4.69, 9.17) is 30.6 Å². The summed E-state index contributed by atoms with van der Waals surface area (Å²) in [4.78, 5) is 19.3. The van der Waals surface area contributed by atoms with Crippen molar-refractivity contribution in [2.75, 3.05) is 30.5 Å². The molecule has 11 heteroatoms. The molecule has 1 aliphatic heterocycles. The van der Waals surface area contributed by atoms with Crippen LogP contribution in [-0.4, -0.2) is 62.1 Å². The smallest absolute Gasteiger partial charge is 0.165 e. The van der Waals surface area contributed by atoms with E-state index < -0.39 is 0 Å². The van der Waals surface area contributed by atoms with Crippen LogP contribution in [0, 0.1) is 0 Å². The SMILES string of the molecule is CCc1nc2c(Nc3cccnc3)ncc(-c3cnn(C4CCNCC4)c3)c2nc1N(N)[C@@H]1CC[C@H](OC)C1. The lowest BCUT2D eigenvalue weighted by Crippen LogP contribution is -2.41. The highest BCUT2D eigenvalue weighted by Crippen LogP contribution is 2.35. The third-order valence-electron chi connectivity index (χ3n) is 7.93. The van der Waals surface area contributed by atoms with Crippen molar-refractivity contribution in [3.05, 3.63) is 48.8 Å². The van der Waals surface area contributed by atoms with Crippen LogP contribution in [0.2, 0.25) is 0 Å². The summed E-state index contributed by atoms with van der Waals surface area (Å²) in [5.41, 5.74) is 4.95. The second-order valence-electron chi connectivity index (χ2n) is 10.4. The molecule has 0 spiro atoms. The molecule has 0 radical (unpaired) electrons. The molecule has 0 unspecified atom stereocenters. The highest BCUT2D eigenvalue weighted by atomic mass is 16.5. The van der Waals surface area contributed by atoms with Crippen LogP contribution in [0.25, 0.3) is 22.2 Å². The molecule has 11 nitrogen and oxygen atoms in total. The number of aryl methyl sites for hydroxylation is 1. The van der Waals surface area contributed by atoms with Gasteiger partial charge in [-0.2, -0.15) is 5.10 Å². The molecule has 4 aromatic rings. The minimum absolute atomic E-state index is 0.146. The maximum Gasteiger partial charge on any atom is 0.165 e. The normalized spacial score (nSPS) is 20.0. The van der Waals surface area contributed by atoms with Crippen molar-refractivity contribution in [1.82, 2.24) is 35.0 Å². The molecule has 5 heterocycles. The Morgan fingerprint density at radius 2 is 2.00 bits per heavy atom. The van der Waals surface area contributed by atoms with Gasteiger partial charge in [-0.05, 0) is 63.7 Å². The maximum atomic E-state index is 6.75. The number of anilines is 3. The lowest BCUT2D eigenvalue weighted by molar-refractivity contribution is 0.108. The number of pyridine rings is 2. The summed E-state index contributed by atoms with van der Waals surface area (Å²) in [5, 5.41) is 13.3. The second kappa shape index (κ2) is 11.2. The maximum absolute atomic E-state index is 6.75. The summed E-state index contributed by atoms with van der Waals surface area (Å²) in [5.74, 6) is 8.09. The van der Waals surface area contributed by atoms with Gasteiger partial charge >= 0.3 is 0 Å². The molecule has 0 aromatic carbocycles. The Balaban J connectivity index is 1.45. The minimum Gasteiger partial charge on any atom is -0.381 e. The summed E-state index contributed by atoms with van der Waals surface area (Å²) in [6, 6.07) is 4.37. The number of hydrogen-bond donors (Lipinski definition) is 3. The highest BCUT2D eigenvalue weighted by molar-refractivity contribution is 5.98. The van der Waals surface area contributed by atoms with Gasteiger partial charge in [0.25, 0.3) is 0 Å². The Labute approximate surface area is 228 Å². The van der Waals surface area contributed by atoms with Gasteiger partial charge in [0.1, 0.15) is 11.0 Å². The summed E-state index contributed by atoms with van der Waals surface area (Å²) >= 11 is 0. The first-order valence-electron chi connectivity index (χ1n) is 13.8.